The van der Waals surface area contributed by atoms with Crippen molar-refractivity contribution in [3.8, 4) is 0 Å². The van der Waals surface area contributed by atoms with Crippen molar-refractivity contribution in [3.05, 3.63) is 12.3 Å². The first kappa shape index (κ1) is 13.9. The summed E-state index contributed by atoms with van der Waals surface area (Å²) in [6.07, 6.45) is 3.67. The Kier molecular flexibility index (Phi) is 3.56. The van der Waals surface area contributed by atoms with Crippen LogP contribution in [0.4, 0.5) is 4.79 Å². The summed E-state index contributed by atoms with van der Waals surface area (Å²) in [6, 6.07) is -0.118. The highest BCUT2D eigenvalue weighted by atomic mass is 16.6. The van der Waals surface area contributed by atoms with Gasteiger partial charge in [0.25, 0.3) is 0 Å². The number of hydrogen-bond acceptors (Lipinski definition) is 4. The van der Waals surface area contributed by atoms with Gasteiger partial charge in [-0.15, -0.1) is 0 Å². The van der Waals surface area contributed by atoms with Gasteiger partial charge in [0.2, 0.25) is 0 Å². The molecule has 3 atom stereocenters. The second kappa shape index (κ2) is 4.87. The highest BCUT2D eigenvalue weighted by molar-refractivity contribution is 5.73. The standard InChI is InChI=1S/C14H21NO4/c1-9-5-6-15(13(17)19-14(2,3)4)11-8-18-12(16)7-10(9)11/h5-6,9-11H,7-8H2,1-4H3/t9-,10+,11-/m1/s1. The van der Waals surface area contributed by atoms with Crippen LogP contribution in [0.15, 0.2) is 12.3 Å². The molecule has 19 heavy (non-hydrogen) atoms. The highest BCUT2D eigenvalue weighted by Gasteiger charge is 2.42. The fourth-order valence-electron chi connectivity index (χ4n) is 2.50. The maximum Gasteiger partial charge on any atom is 0.414 e. The Hall–Kier alpha value is -1.52. The molecule has 0 spiro atoms. The van der Waals surface area contributed by atoms with Gasteiger partial charge in [-0.2, -0.15) is 0 Å². The molecule has 0 unspecified atom stereocenters. The van der Waals surface area contributed by atoms with Gasteiger partial charge in [-0.3, -0.25) is 9.69 Å². The van der Waals surface area contributed by atoms with Crippen LogP contribution in [0.3, 0.4) is 0 Å². The molecule has 5 heteroatoms. The molecule has 106 valence electrons. The lowest BCUT2D eigenvalue weighted by atomic mass is 9.81. The zero-order chi connectivity index (χ0) is 14.2. The van der Waals surface area contributed by atoms with E-state index in [4.69, 9.17) is 9.47 Å². The molecule has 1 saturated heterocycles. The van der Waals surface area contributed by atoms with E-state index in [-0.39, 0.29) is 36.5 Å². The van der Waals surface area contributed by atoms with Crippen molar-refractivity contribution in [2.45, 2.75) is 45.8 Å². The van der Waals surface area contributed by atoms with Crippen molar-refractivity contribution < 1.29 is 19.1 Å². The van der Waals surface area contributed by atoms with Crippen LogP contribution in [-0.2, 0) is 14.3 Å². The molecule has 1 fully saturated rings. The Morgan fingerprint density at radius 3 is 2.79 bits per heavy atom. The number of nitrogens with zero attached hydrogens (tertiary/aromatic N) is 1. The highest BCUT2D eigenvalue weighted by Crippen LogP contribution is 2.33. The molecule has 0 aromatic carbocycles. The molecule has 2 rings (SSSR count). The fourth-order valence-corrected chi connectivity index (χ4v) is 2.50. The summed E-state index contributed by atoms with van der Waals surface area (Å²) < 4.78 is 10.5. The average molecular weight is 267 g/mol. The molecule has 2 heterocycles. The second-order valence-electron chi connectivity index (χ2n) is 6.21. The van der Waals surface area contributed by atoms with Crippen LogP contribution in [0, 0.1) is 11.8 Å². The number of allylic oxidation sites excluding steroid dienone is 1. The Balaban J connectivity index is 2.15. The minimum Gasteiger partial charge on any atom is -0.463 e. The van der Waals surface area contributed by atoms with Crippen LogP contribution in [0.25, 0.3) is 0 Å². The molecule has 0 radical (unpaired) electrons. The van der Waals surface area contributed by atoms with Gasteiger partial charge in [0.1, 0.15) is 12.2 Å². The maximum absolute atomic E-state index is 12.2. The van der Waals surface area contributed by atoms with Gasteiger partial charge < -0.3 is 9.47 Å². The summed E-state index contributed by atoms with van der Waals surface area (Å²) in [5.41, 5.74) is -0.533. The lowest BCUT2D eigenvalue weighted by Gasteiger charge is -2.42. The van der Waals surface area contributed by atoms with Crippen LogP contribution < -0.4 is 0 Å². The molecule has 2 aliphatic heterocycles. The number of fused-ring (bicyclic) bond motifs is 1. The molecular formula is C14H21NO4. The van der Waals surface area contributed by atoms with Crippen LogP contribution >= 0.6 is 0 Å². The molecule has 0 saturated carbocycles. The third-order valence-corrected chi connectivity index (χ3v) is 3.50. The van der Waals surface area contributed by atoms with Crippen molar-refractivity contribution in [2.75, 3.05) is 6.61 Å². The van der Waals surface area contributed by atoms with Crippen molar-refractivity contribution in [1.29, 1.82) is 0 Å². The summed E-state index contributed by atoms with van der Waals surface area (Å²) in [7, 11) is 0. The Morgan fingerprint density at radius 1 is 1.47 bits per heavy atom. The third kappa shape index (κ3) is 3.08. The molecule has 1 amide bonds. The molecule has 0 bridgehead atoms. The Labute approximate surface area is 113 Å². The second-order valence-corrected chi connectivity index (χ2v) is 6.21. The van der Waals surface area contributed by atoms with Gasteiger partial charge in [-0.05, 0) is 32.6 Å². The maximum atomic E-state index is 12.2. The van der Waals surface area contributed by atoms with E-state index in [1.54, 1.807) is 11.1 Å². The number of cyclic esters (lactones) is 1. The van der Waals surface area contributed by atoms with Crippen molar-refractivity contribution in [1.82, 2.24) is 4.90 Å². The van der Waals surface area contributed by atoms with E-state index in [1.165, 1.54) is 0 Å². The third-order valence-electron chi connectivity index (χ3n) is 3.50. The molecule has 0 aliphatic carbocycles. The number of esters is 1. The van der Waals surface area contributed by atoms with Crippen molar-refractivity contribution >= 4 is 12.1 Å². The normalized spacial score (nSPS) is 30.6. The molecule has 0 aromatic heterocycles. The summed E-state index contributed by atoms with van der Waals surface area (Å²) in [5, 5.41) is 0. The molecule has 5 nitrogen and oxygen atoms in total. The Morgan fingerprint density at radius 2 is 2.16 bits per heavy atom. The number of ether oxygens (including phenoxy) is 2. The quantitative estimate of drug-likeness (QED) is 0.632. The minimum absolute atomic E-state index is 0.110. The monoisotopic (exact) mass is 267 g/mol. The summed E-state index contributed by atoms with van der Waals surface area (Å²) in [4.78, 5) is 25.1. The topological polar surface area (TPSA) is 55.8 Å². The zero-order valence-corrected chi connectivity index (χ0v) is 11.9. The predicted octanol–water partition coefficient (Wildman–Crippen LogP) is 2.32. The van der Waals surface area contributed by atoms with Gasteiger partial charge in [0, 0.05) is 6.20 Å². The van der Waals surface area contributed by atoms with E-state index in [0.29, 0.717) is 6.42 Å². The van der Waals surface area contributed by atoms with Gasteiger partial charge in [-0.25, -0.2) is 4.79 Å². The molecule has 0 aromatic rings. The van der Waals surface area contributed by atoms with Crippen LogP contribution in [0.2, 0.25) is 0 Å². The van der Waals surface area contributed by atoms with Gasteiger partial charge in [0.05, 0.1) is 12.5 Å². The number of amides is 1. The van der Waals surface area contributed by atoms with E-state index >= 15 is 0 Å². The van der Waals surface area contributed by atoms with Gasteiger partial charge in [-0.1, -0.05) is 13.0 Å². The number of rotatable bonds is 0. The average Bonchev–Trinajstić information content (AvgIpc) is 2.27. The summed E-state index contributed by atoms with van der Waals surface area (Å²) in [6.45, 7) is 7.80. The first-order valence-corrected chi connectivity index (χ1v) is 6.63. The number of hydrogen-bond donors (Lipinski definition) is 0. The molecule has 0 N–H and O–H groups in total. The molecular weight excluding hydrogens is 246 g/mol. The van der Waals surface area contributed by atoms with E-state index < -0.39 is 5.60 Å². The number of carbonyl (C=O) groups excluding carboxylic acids is 2. The van der Waals surface area contributed by atoms with E-state index in [9.17, 15) is 9.59 Å². The van der Waals surface area contributed by atoms with E-state index in [1.807, 2.05) is 26.8 Å². The first-order valence-electron chi connectivity index (χ1n) is 6.63. The predicted molar refractivity (Wildman–Crippen MR) is 69.2 cm³/mol. The van der Waals surface area contributed by atoms with Crippen molar-refractivity contribution in [2.24, 2.45) is 11.8 Å². The Bertz CT molecular complexity index is 410. The van der Waals surface area contributed by atoms with Crippen molar-refractivity contribution in [3.63, 3.8) is 0 Å². The van der Waals surface area contributed by atoms with Crippen LogP contribution in [0.1, 0.15) is 34.1 Å². The van der Waals surface area contributed by atoms with Gasteiger partial charge in [0.15, 0.2) is 0 Å². The lowest BCUT2D eigenvalue weighted by molar-refractivity contribution is -0.154. The molecule has 2 aliphatic rings. The summed E-state index contributed by atoms with van der Waals surface area (Å²) >= 11 is 0. The largest absolute Gasteiger partial charge is 0.463 e. The zero-order valence-electron chi connectivity index (χ0n) is 11.9. The first-order chi connectivity index (χ1) is 8.78. The van der Waals surface area contributed by atoms with Crippen LogP contribution in [-0.4, -0.2) is 35.2 Å². The summed E-state index contributed by atoms with van der Waals surface area (Å²) in [5.74, 6) is 0.183. The fraction of sp³-hybridized carbons (Fsp3) is 0.714. The van der Waals surface area contributed by atoms with Crippen LogP contribution in [0.5, 0.6) is 0 Å². The van der Waals surface area contributed by atoms with E-state index in [0.717, 1.165) is 0 Å². The smallest absolute Gasteiger partial charge is 0.414 e. The lowest BCUT2D eigenvalue weighted by Crippen LogP contribution is -2.52. The van der Waals surface area contributed by atoms with E-state index in [2.05, 4.69) is 6.92 Å². The SMILES string of the molecule is C[C@@H]1C=CN(C(=O)OC(C)(C)C)[C@@H]2COC(=O)C[C@@H]12. The van der Waals surface area contributed by atoms with Gasteiger partial charge >= 0.3 is 12.1 Å². The minimum atomic E-state index is -0.533. The number of carbonyl (C=O) groups is 2.